The third kappa shape index (κ3) is 2.74. The van der Waals surface area contributed by atoms with Crippen LogP contribution in [0.5, 0.6) is 0 Å². The average Bonchev–Trinajstić information content (AvgIpc) is 2.71. The molecule has 0 spiro atoms. The van der Waals surface area contributed by atoms with Gasteiger partial charge in [-0.25, -0.2) is 4.98 Å². The molecule has 1 atom stereocenters. The number of hydrogen-bond donors (Lipinski definition) is 1. The number of nitrogens with zero attached hydrogens (tertiary/aromatic N) is 3. The summed E-state index contributed by atoms with van der Waals surface area (Å²) in [6.45, 7) is 1.69. The summed E-state index contributed by atoms with van der Waals surface area (Å²) in [6, 6.07) is 3.73. The van der Waals surface area contributed by atoms with E-state index in [1.54, 1.807) is 13.1 Å². The molecule has 0 bridgehead atoms. The van der Waals surface area contributed by atoms with Crippen molar-refractivity contribution in [1.29, 1.82) is 0 Å². The Kier molecular flexibility index (Phi) is 3.30. The van der Waals surface area contributed by atoms with E-state index in [-0.39, 0.29) is 0 Å². The van der Waals surface area contributed by atoms with Gasteiger partial charge in [0, 0.05) is 11.1 Å². The van der Waals surface area contributed by atoms with Gasteiger partial charge in [0.05, 0.1) is 11.8 Å². The van der Waals surface area contributed by atoms with E-state index in [4.69, 9.17) is 0 Å². The van der Waals surface area contributed by atoms with E-state index < -0.39 is 6.10 Å². The lowest BCUT2D eigenvalue weighted by molar-refractivity contribution is 0.194. The van der Waals surface area contributed by atoms with Crippen molar-refractivity contribution >= 4 is 23.3 Å². The van der Waals surface area contributed by atoms with Crippen molar-refractivity contribution in [3.8, 4) is 0 Å². The summed E-state index contributed by atoms with van der Waals surface area (Å²) < 4.78 is 4.80. The molecule has 0 fully saturated rings. The highest BCUT2D eigenvalue weighted by Crippen LogP contribution is 2.27. The summed E-state index contributed by atoms with van der Waals surface area (Å²) in [4.78, 5) is 9.20. The average molecular weight is 239 g/mol. The first-order chi connectivity index (χ1) is 7.25. The zero-order valence-electron chi connectivity index (χ0n) is 7.99. The minimum Gasteiger partial charge on any atom is -0.387 e. The molecule has 0 aliphatic carbocycles. The maximum absolute atomic E-state index is 9.28. The molecule has 2 heterocycles. The van der Waals surface area contributed by atoms with Gasteiger partial charge in [-0.15, -0.1) is 0 Å². The number of aromatic nitrogens is 3. The molecule has 1 N–H and O–H groups in total. The van der Waals surface area contributed by atoms with E-state index in [9.17, 15) is 5.11 Å². The fraction of sp³-hybridized carbons (Fsp3) is 0.222. The van der Waals surface area contributed by atoms with E-state index in [1.165, 1.54) is 29.6 Å². The molecule has 2 aromatic heterocycles. The Labute approximate surface area is 95.6 Å². The van der Waals surface area contributed by atoms with E-state index in [0.717, 1.165) is 9.24 Å². The van der Waals surface area contributed by atoms with E-state index in [1.807, 2.05) is 12.1 Å². The molecule has 0 saturated carbocycles. The molecule has 6 heteroatoms. The van der Waals surface area contributed by atoms with E-state index >= 15 is 0 Å². The summed E-state index contributed by atoms with van der Waals surface area (Å²) >= 11 is 2.87. The van der Waals surface area contributed by atoms with Crippen molar-refractivity contribution in [2.24, 2.45) is 0 Å². The largest absolute Gasteiger partial charge is 0.387 e. The van der Waals surface area contributed by atoms with Crippen molar-refractivity contribution in [3.63, 3.8) is 0 Å². The standard InChI is InChI=1S/C9H9N3OS2/c1-6(13)8-3-2-7(4-10-8)14-9-11-5-12-15-9/h2-6,13H,1H3. The Morgan fingerprint density at radius 2 is 2.27 bits per heavy atom. The number of pyridine rings is 1. The number of aliphatic hydroxyl groups excluding tert-OH is 1. The normalized spacial score (nSPS) is 12.7. The Bertz CT molecular complexity index is 413. The molecule has 1 unspecified atom stereocenters. The molecule has 15 heavy (non-hydrogen) atoms. The zero-order chi connectivity index (χ0) is 10.7. The van der Waals surface area contributed by atoms with Crippen LogP contribution in [0, 0.1) is 0 Å². The summed E-state index contributed by atoms with van der Waals surface area (Å²) in [6.07, 6.45) is 2.74. The highest BCUT2D eigenvalue weighted by atomic mass is 32.2. The minimum atomic E-state index is -0.523. The second kappa shape index (κ2) is 4.69. The topological polar surface area (TPSA) is 58.9 Å². The molecule has 0 radical (unpaired) electrons. The van der Waals surface area contributed by atoms with Gasteiger partial charge in [0.2, 0.25) is 0 Å². The summed E-state index contributed by atoms with van der Waals surface area (Å²) in [5.74, 6) is 0. The Morgan fingerprint density at radius 3 is 2.80 bits per heavy atom. The van der Waals surface area contributed by atoms with Gasteiger partial charge >= 0.3 is 0 Å². The molecule has 2 rings (SSSR count). The van der Waals surface area contributed by atoms with Gasteiger partial charge in [-0.1, -0.05) is 11.8 Å². The third-order valence-corrected chi connectivity index (χ3v) is 3.43. The van der Waals surface area contributed by atoms with Crippen molar-refractivity contribution in [2.45, 2.75) is 22.3 Å². The fourth-order valence-corrected chi connectivity index (χ4v) is 2.40. The van der Waals surface area contributed by atoms with Crippen LogP contribution in [0.15, 0.2) is 33.9 Å². The van der Waals surface area contributed by atoms with Gasteiger partial charge in [0.15, 0.2) is 4.34 Å². The van der Waals surface area contributed by atoms with Crippen molar-refractivity contribution in [2.75, 3.05) is 0 Å². The number of aliphatic hydroxyl groups is 1. The molecule has 4 nitrogen and oxygen atoms in total. The third-order valence-electron chi connectivity index (χ3n) is 1.73. The fourth-order valence-electron chi connectivity index (χ4n) is 1.01. The monoisotopic (exact) mass is 239 g/mol. The maximum Gasteiger partial charge on any atom is 0.174 e. The van der Waals surface area contributed by atoms with Crippen LogP contribution in [-0.2, 0) is 0 Å². The van der Waals surface area contributed by atoms with E-state index in [0.29, 0.717) is 5.69 Å². The van der Waals surface area contributed by atoms with Gasteiger partial charge < -0.3 is 5.11 Å². The number of hydrogen-bond acceptors (Lipinski definition) is 6. The molecule has 0 amide bonds. The quantitative estimate of drug-likeness (QED) is 0.889. The molecule has 2 aromatic rings. The second-order valence-corrected chi connectivity index (χ2v) is 5.00. The van der Waals surface area contributed by atoms with Gasteiger partial charge in [0.1, 0.15) is 6.33 Å². The van der Waals surface area contributed by atoms with Gasteiger partial charge in [-0.2, -0.15) is 4.37 Å². The minimum absolute atomic E-state index is 0.523. The van der Waals surface area contributed by atoms with Gasteiger partial charge in [0.25, 0.3) is 0 Å². The SMILES string of the molecule is CC(O)c1ccc(Sc2ncns2)cn1. The van der Waals surface area contributed by atoms with Crippen LogP contribution in [0.3, 0.4) is 0 Å². The van der Waals surface area contributed by atoms with Gasteiger partial charge in [-0.05, 0) is 30.6 Å². The van der Waals surface area contributed by atoms with Crippen LogP contribution in [0.1, 0.15) is 18.7 Å². The Morgan fingerprint density at radius 1 is 1.40 bits per heavy atom. The lowest BCUT2D eigenvalue weighted by Crippen LogP contribution is -1.94. The molecule has 78 valence electrons. The van der Waals surface area contributed by atoms with E-state index in [2.05, 4.69) is 14.3 Å². The molecular formula is C9H9N3OS2. The highest BCUT2D eigenvalue weighted by molar-refractivity contribution is 8.01. The lowest BCUT2D eigenvalue weighted by atomic mass is 10.2. The van der Waals surface area contributed by atoms with Crippen molar-refractivity contribution in [1.82, 2.24) is 14.3 Å². The Hall–Kier alpha value is -0.980. The molecular weight excluding hydrogens is 230 g/mol. The smallest absolute Gasteiger partial charge is 0.174 e. The van der Waals surface area contributed by atoms with Crippen LogP contribution in [0.4, 0.5) is 0 Å². The molecule has 0 aliphatic heterocycles. The van der Waals surface area contributed by atoms with Crippen molar-refractivity contribution < 1.29 is 5.11 Å². The maximum atomic E-state index is 9.28. The Balaban J connectivity index is 2.11. The number of rotatable bonds is 3. The van der Waals surface area contributed by atoms with Crippen LogP contribution in [0.25, 0.3) is 0 Å². The van der Waals surface area contributed by atoms with Crippen molar-refractivity contribution in [3.05, 3.63) is 30.4 Å². The molecule has 0 aliphatic rings. The summed E-state index contributed by atoms with van der Waals surface area (Å²) in [7, 11) is 0. The van der Waals surface area contributed by atoms with Crippen LogP contribution < -0.4 is 0 Å². The first-order valence-electron chi connectivity index (χ1n) is 4.34. The predicted molar refractivity (Wildman–Crippen MR) is 58.9 cm³/mol. The van der Waals surface area contributed by atoms with Crippen LogP contribution in [-0.4, -0.2) is 19.4 Å². The van der Waals surface area contributed by atoms with Crippen LogP contribution >= 0.6 is 23.3 Å². The molecule has 0 saturated heterocycles. The first kappa shape index (κ1) is 10.5. The molecule has 0 aromatic carbocycles. The predicted octanol–water partition coefficient (Wildman–Crippen LogP) is 2.14. The summed E-state index contributed by atoms with van der Waals surface area (Å²) in [5.41, 5.74) is 0.677. The highest BCUT2D eigenvalue weighted by Gasteiger charge is 2.04. The second-order valence-electron chi connectivity index (χ2n) is 2.90. The van der Waals surface area contributed by atoms with Gasteiger partial charge in [-0.3, -0.25) is 4.98 Å². The lowest BCUT2D eigenvalue weighted by Gasteiger charge is -2.03. The first-order valence-corrected chi connectivity index (χ1v) is 5.93. The zero-order valence-corrected chi connectivity index (χ0v) is 9.63. The van der Waals surface area contributed by atoms with Crippen LogP contribution in [0.2, 0.25) is 0 Å². The summed E-state index contributed by atoms with van der Waals surface area (Å²) in [5, 5.41) is 9.28.